The first-order chi connectivity index (χ1) is 8.27. The topological polar surface area (TPSA) is 56.7 Å². The van der Waals surface area contributed by atoms with Crippen molar-refractivity contribution >= 4 is 0 Å². The predicted octanol–water partition coefficient (Wildman–Crippen LogP) is 1.99. The summed E-state index contributed by atoms with van der Waals surface area (Å²) < 4.78 is 2.06. The van der Waals surface area contributed by atoms with E-state index in [-0.39, 0.29) is 6.04 Å². The van der Waals surface area contributed by atoms with Gasteiger partial charge in [-0.1, -0.05) is 18.2 Å². The van der Waals surface area contributed by atoms with Crippen molar-refractivity contribution in [3.63, 3.8) is 0 Å². The molecule has 0 amide bonds. The molecule has 0 aliphatic heterocycles. The Balaban J connectivity index is 2.06. The lowest BCUT2D eigenvalue weighted by Gasteiger charge is -2.13. The van der Waals surface area contributed by atoms with Crippen LogP contribution in [0.1, 0.15) is 30.5 Å². The zero-order chi connectivity index (χ0) is 11.8. The molecular weight excluding hydrogens is 212 g/mol. The van der Waals surface area contributed by atoms with Gasteiger partial charge in [-0.05, 0) is 37.8 Å². The lowest BCUT2D eigenvalue weighted by Crippen LogP contribution is -2.18. The van der Waals surface area contributed by atoms with Crippen molar-refractivity contribution in [2.75, 3.05) is 0 Å². The van der Waals surface area contributed by atoms with Gasteiger partial charge in [-0.2, -0.15) is 0 Å². The fourth-order valence-electron chi connectivity index (χ4n) is 2.16. The van der Waals surface area contributed by atoms with Crippen molar-refractivity contribution in [3.8, 4) is 5.69 Å². The number of benzene rings is 1. The van der Waals surface area contributed by atoms with Crippen molar-refractivity contribution < 1.29 is 0 Å². The summed E-state index contributed by atoms with van der Waals surface area (Å²) in [7, 11) is 0. The molecule has 1 saturated carbocycles. The molecule has 17 heavy (non-hydrogen) atoms. The van der Waals surface area contributed by atoms with Gasteiger partial charge in [-0.25, -0.2) is 0 Å². The van der Waals surface area contributed by atoms with E-state index in [0.29, 0.717) is 5.92 Å². The van der Waals surface area contributed by atoms with Crippen molar-refractivity contribution in [1.82, 2.24) is 14.8 Å². The Kier molecular flexibility index (Phi) is 2.44. The first-order valence-corrected chi connectivity index (χ1v) is 6.00. The minimum Gasteiger partial charge on any atom is -0.321 e. The SMILES string of the molecule is Cc1nnc(C(N)C2CC2)n1-c1ccccc1. The third-order valence-electron chi connectivity index (χ3n) is 3.29. The van der Waals surface area contributed by atoms with Gasteiger partial charge < -0.3 is 5.73 Å². The molecule has 1 aliphatic rings. The third kappa shape index (κ3) is 1.85. The first-order valence-electron chi connectivity index (χ1n) is 6.00. The minimum atomic E-state index is 0.0106. The van der Waals surface area contributed by atoms with Crippen LogP contribution in [0.2, 0.25) is 0 Å². The van der Waals surface area contributed by atoms with Crippen molar-refractivity contribution in [2.24, 2.45) is 11.7 Å². The Labute approximate surface area is 100 Å². The van der Waals surface area contributed by atoms with Crippen LogP contribution in [-0.2, 0) is 0 Å². The lowest BCUT2D eigenvalue weighted by atomic mass is 10.2. The van der Waals surface area contributed by atoms with Gasteiger partial charge >= 0.3 is 0 Å². The number of nitrogens with two attached hydrogens (primary N) is 1. The molecule has 0 saturated heterocycles. The summed E-state index contributed by atoms with van der Waals surface area (Å²) in [5, 5.41) is 8.40. The summed E-state index contributed by atoms with van der Waals surface area (Å²) in [6.45, 7) is 1.96. The molecule has 4 heteroatoms. The van der Waals surface area contributed by atoms with Crippen molar-refractivity contribution in [3.05, 3.63) is 42.0 Å². The quantitative estimate of drug-likeness (QED) is 0.874. The Hall–Kier alpha value is -1.68. The highest BCUT2D eigenvalue weighted by molar-refractivity contribution is 5.34. The summed E-state index contributed by atoms with van der Waals surface area (Å²) in [5.74, 6) is 2.36. The van der Waals surface area contributed by atoms with Crippen LogP contribution >= 0.6 is 0 Å². The molecule has 1 fully saturated rings. The molecule has 0 spiro atoms. The highest BCUT2D eigenvalue weighted by atomic mass is 15.3. The zero-order valence-electron chi connectivity index (χ0n) is 9.87. The highest BCUT2D eigenvalue weighted by Crippen LogP contribution is 2.39. The fraction of sp³-hybridized carbons (Fsp3) is 0.385. The number of hydrogen-bond donors (Lipinski definition) is 1. The number of aryl methyl sites for hydroxylation is 1. The van der Waals surface area contributed by atoms with Gasteiger partial charge in [-0.15, -0.1) is 10.2 Å². The van der Waals surface area contributed by atoms with Gasteiger partial charge in [0.2, 0.25) is 0 Å². The smallest absolute Gasteiger partial charge is 0.154 e. The number of para-hydroxylation sites is 1. The van der Waals surface area contributed by atoms with Crippen LogP contribution < -0.4 is 5.73 Å². The second-order valence-electron chi connectivity index (χ2n) is 4.64. The van der Waals surface area contributed by atoms with Crippen LogP contribution in [0.25, 0.3) is 5.69 Å². The molecular formula is C13H16N4. The Morgan fingerprint density at radius 1 is 1.24 bits per heavy atom. The van der Waals surface area contributed by atoms with E-state index in [1.807, 2.05) is 25.1 Å². The largest absolute Gasteiger partial charge is 0.321 e. The van der Waals surface area contributed by atoms with Crippen LogP contribution in [0.4, 0.5) is 0 Å². The maximum Gasteiger partial charge on any atom is 0.154 e. The molecule has 2 aromatic rings. The Morgan fingerprint density at radius 2 is 1.94 bits per heavy atom. The average Bonchev–Trinajstić information content (AvgIpc) is 3.13. The molecule has 88 valence electrons. The number of nitrogens with zero attached hydrogens (tertiary/aromatic N) is 3. The third-order valence-corrected chi connectivity index (χ3v) is 3.29. The minimum absolute atomic E-state index is 0.0106. The molecule has 3 rings (SSSR count). The second-order valence-corrected chi connectivity index (χ2v) is 4.64. The summed E-state index contributed by atoms with van der Waals surface area (Å²) in [6, 6.07) is 10.2. The molecule has 1 atom stereocenters. The first kappa shape index (κ1) is 10.5. The molecule has 0 bridgehead atoms. The number of aromatic nitrogens is 3. The van der Waals surface area contributed by atoms with E-state index < -0.39 is 0 Å². The molecule has 4 nitrogen and oxygen atoms in total. The van der Waals surface area contributed by atoms with Crippen LogP contribution in [-0.4, -0.2) is 14.8 Å². The molecule has 1 aliphatic carbocycles. The number of hydrogen-bond acceptors (Lipinski definition) is 3. The predicted molar refractivity (Wildman–Crippen MR) is 65.7 cm³/mol. The van der Waals surface area contributed by atoms with Gasteiger partial charge in [0, 0.05) is 5.69 Å². The molecule has 1 aromatic heterocycles. The fourth-order valence-corrected chi connectivity index (χ4v) is 2.16. The number of rotatable bonds is 3. The van der Waals surface area contributed by atoms with E-state index in [1.165, 1.54) is 12.8 Å². The van der Waals surface area contributed by atoms with E-state index in [1.54, 1.807) is 0 Å². The van der Waals surface area contributed by atoms with E-state index in [0.717, 1.165) is 17.3 Å². The second kappa shape index (κ2) is 3.96. The van der Waals surface area contributed by atoms with E-state index in [9.17, 15) is 0 Å². The van der Waals surface area contributed by atoms with Gasteiger partial charge in [0.25, 0.3) is 0 Å². The lowest BCUT2D eigenvalue weighted by molar-refractivity contribution is 0.580. The van der Waals surface area contributed by atoms with Crippen molar-refractivity contribution in [2.45, 2.75) is 25.8 Å². The summed E-state index contributed by atoms with van der Waals surface area (Å²) in [5.41, 5.74) is 7.31. The summed E-state index contributed by atoms with van der Waals surface area (Å²) in [4.78, 5) is 0. The van der Waals surface area contributed by atoms with Crippen LogP contribution in [0.3, 0.4) is 0 Å². The summed E-state index contributed by atoms with van der Waals surface area (Å²) in [6.07, 6.45) is 2.42. The Morgan fingerprint density at radius 3 is 2.59 bits per heavy atom. The van der Waals surface area contributed by atoms with Crippen LogP contribution in [0, 0.1) is 12.8 Å². The summed E-state index contributed by atoms with van der Waals surface area (Å²) >= 11 is 0. The van der Waals surface area contributed by atoms with Crippen LogP contribution in [0.5, 0.6) is 0 Å². The van der Waals surface area contributed by atoms with E-state index >= 15 is 0 Å². The highest BCUT2D eigenvalue weighted by Gasteiger charge is 2.33. The van der Waals surface area contributed by atoms with E-state index in [2.05, 4.69) is 26.9 Å². The maximum atomic E-state index is 6.23. The average molecular weight is 228 g/mol. The van der Waals surface area contributed by atoms with Gasteiger partial charge in [0.15, 0.2) is 5.82 Å². The normalized spacial score (nSPS) is 17.1. The maximum absolute atomic E-state index is 6.23. The molecule has 1 aromatic carbocycles. The van der Waals surface area contributed by atoms with Gasteiger partial charge in [-0.3, -0.25) is 4.57 Å². The molecule has 2 N–H and O–H groups in total. The van der Waals surface area contributed by atoms with Crippen LogP contribution in [0.15, 0.2) is 30.3 Å². The van der Waals surface area contributed by atoms with Crippen molar-refractivity contribution in [1.29, 1.82) is 0 Å². The van der Waals surface area contributed by atoms with Gasteiger partial charge in [0.1, 0.15) is 5.82 Å². The van der Waals surface area contributed by atoms with Gasteiger partial charge in [0.05, 0.1) is 6.04 Å². The molecule has 0 radical (unpaired) electrons. The molecule has 1 heterocycles. The molecule has 1 unspecified atom stereocenters. The zero-order valence-corrected chi connectivity index (χ0v) is 9.87. The van der Waals surface area contributed by atoms with E-state index in [4.69, 9.17) is 5.73 Å². The monoisotopic (exact) mass is 228 g/mol. The Bertz CT molecular complexity index is 513. The standard InChI is InChI=1S/C13H16N4/c1-9-15-16-13(12(14)10-7-8-10)17(9)11-5-3-2-4-6-11/h2-6,10,12H,7-8,14H2,1H3.